The van der Waals surface area contributed by atoms with Gasteiger partial charge in [-0.15, -0.1) is 11.8 Å². The Labute approximate surface area is 196 Å². The summed E-state index contributed by atoms with van der Waals surface area (Å²) in [6.45, 7) is 7.09. The molecule has 174 valence electrons. The highest BCUT2D eigenvalue weighted by Gasteiger charge is 2.31. The highest BCUT2D eigenvalue weighted by atomic mass is 32.2. The minimum atomic E-state index is -0.766. The molecule has 0 aliphatic rings. The number of nitrogens with one attached hydrogen (secondary N) is 1. The van der Waals surface area contributed by atoms with E-state index in [2.05, 4.69) is 10.3 Å². The van der Waals surface area contributed by atoms with Crippen LogP contribution in [0.15, 0.2) is 39.8 Å². The Kier molecular flexibility index (Phi) is 8.11. The smallest absolute Gasteiger partial charge is 0.344 e. The lowest BCUT2D eigenvalue weighted by Gasteiger charge is -2.08. The van der Waals surface area contributed by atoms with E-state index in [0.717, 1.165) is 21.5 Å². The number of fused-ring (bicyclic) bond motifs is 1. The highest BCUT2D eigenvalue weighted by Crippen LogP contribution is 2.29. The minimum Gasteiger partial charge on any atom is -0.462 e. The molecule has 0 unspecified atom stereocenters. The number of amides is 1. The largest absolute Gasteiger partial charge is 0.462 e. The van der Waals surface area contributed by atoms with Gasteiger partial charge in [-0.05, 0) is 45.4 Å². The fraction of sp³-hybridized carbons (Fsp3) is 0.333. The fourth-order valence-corrected chi connectivity index (χ4v) is 4.23. The summed E-state index contributed by atoms with van der Waals surface area (Å²) in [7, 11) is 0. The molecular formula is C24H26N2O6S. The Morgan fingerprint density at radius 1 is 1.03 bits per heavy atom. The molecule has 33 heavy (non-hydrogen) atoms. The molecule has 0 bridgehead atoms. The summed E-state index contributed by atoms with van der Waals surface area (Å²) in [6, 6.07) is 9.88. The first-order valence-electron chi connectivity index (χ1n) is 10.6. The van der Waals surface area contributed by atoms with E-state index >= 15 is 0 Å². The molecule has 2 aromatic heterocycles. The average Bonchev–Trinajstić information content (AvgIpc) is 3.09. The second-order valence-corrected chi connectivity index (χ2v) is 8.23. The van der Waals surface area contributed by atoms with Crippen LogP contribution in [0.2, 0.25) is 0 Å². The van der Waals surface area contributed by atoms with E-state index in [1.54, 1.807) is 13.8 Å². The monoisotopic (exact) mass is 470 g/mol. The van der Waals surface area contributed by atoms with E-state index in [1.165, 1.54) is 18.7 Å². The van der Waals surface area contributed by atoms with E-state index in [0.29, 0.717) is 5.75 Å². The normalized spacial score (nSPS) is 10.8. The number of aryl methyl sites for hydroxylation is 2. The van der Waals surface area contributed by atoms with Crippen molar-refractivity contribution in [1.29, 1.82) is 0 Å². The summed E-state index contributed by atoms with van der Waals surface area (Å²) in [6.07, 6.45) is 0.148. The number of hydrogen-bond acceptors (Lipinski definition) is 8. The Balaban J connectivity index is 1.70. The summed E-state index contributed by atoms with van der Waals surface area (Å²) in [4.78, 5) is 42.0. The standard InChI is InChI=1S/C24H26N2O6S/c1-5-30-23(28)20-15(4)32-22(21(20)24(29)31-6-2)26-18(27)11-12-33-19-13-14(3)16-9-7-8-10-17(16)25-19/h7-10,13H,5-6,11-12H2,1-4H3,(H,26,27). The molecule has 0 atom stereocenters. The number of aromatic nitrogens is 1. The molecule has 0 saturated carbocycles. The lowest BCUT2D eigenvalue weighted by atomic mass is 10.1. The summed E-state index contributed by atoms with van der Waals surface area (Å²) >= 11 is 1.46. The van der Waals surface area contributed by atoms with Crippen LogP contribution < -0.4 is 5.32 Å². The maximum atomic E-state index is 12.6. The first kappa shape index (κ1) is 24.3. The van der Waals surface area contributed by atoms with Gasteiger partial charge in [-0.25, -0.2) is 14.6 Å². The number of pyridine rings is 1. The van der Waals surface area contributed by atoms with Crippen LogP contribution in [0.1, 0.15) is 52.3 Å². The maximum absolute atomic E-state index is 12.6. The lowest BCUT2D eigenvalue weighted by molar-refractivity contribution is -0.115. The third-order valence-corrected chi connectivity index (χ3v) is 5.69. The molecule has 0 fully saturated rings. The molecule has 3 rings (SSSR count). The third kappa shape index (κ3) is 5.73. The van der Waals surface area contributed by atoms with Crippen molar-refractivity contribution in [3.8, 4) is 0 Å². The number of hydrogen-bond donors (Lipinski definition) is 1. The van der Waals surface area contributed by atoms with Gasteiger partial charge in [0, 0.05) is 17.6 Å². The number of thioether (sulfide) groups is 1. The second-order valence-electron chi connectivity index (χ2n) is 7.12. The van der Waals surface area contributed by atoms with E-state index in [1.807, 2.05) is 37.3 Å². The number of benzene rings is 1. The molecule has 0 aliphatic heterocycles. The summed E-state index contributed by atoms with van der Waals surface area (Å²) in [5.74, 6) is -1.33. The van der Waals surface area contributed by atoms with Crippen molar-refractivity contribution in [2.75, 3.05) is 24.3 Å². The SMILES string of the molecule is CCOC(=O)c1c(C)oc(NC(=O)CCSc2cc(C)c3ccccc3n2)c1C(=O)OCC. The zero-order valence-corrected chi connectivity index (χ0v) is 19.8. The number of para-hydroxylation sites is 1. The predicted octanol–water partition coefficient (Wildman–Crippen LogP) is 4.92. The number of carbonyl (C=O) groups excluding carboxylic acids is 3. The predicted molar refractivity (Wildman–Crippen MR) is 126 cm³/mol. The number of anilines is 1. The number of furan rings is 1. The van der Waals surface area contributed by atoms with E-state index < -0.39 is 11.9 Å². The van der Waals surface area contributed by atoms with Crippen LogP contribution >= 0.6 is 11.8 Å². The van der Waals surface area contributed by atoms with Crippen molar-refractivity contribution in [2.45, 2.75) is 39.1 Å². The Bertz CT molecular complexity index is 1190. The van der Waals surface area contributed by atoms with Crippen LogP contribution in [0.25, 0.3) is 10.9 Å². The molecular weight excluding hydrogens is 444 g/mol. The molecule has 3 aromatic rings. The van der Waals surface area contributed by atoms with Crippen LogP contribution in [0.5, 0.6) is 0 Å². The molecule has 0 radical (unpaired) electrons. The molecule has 1 amide bonds. The number of rotatable bonds is 9. The lowest BCUT2D eigenvalue weighted by Crippen LogP contribution is -2.17. The number of esters is 2. The third-order valence-electron chi connectivity index (χ3n) is 4.77. The average molecular weight is 471 g/mol. The fourth-order valence-electron chi connectivity index (χ4n) is 3.31. The Morgan fingerprint density at radius 2 is 1.70 bits per heavy atom. The van der Waals surface area contributed by atoms with Crippen molar-refractivity contribution in [1.82, 2.24) is 4.98 Å². The van der Waals surface area contributed by atoms with Crippen LogP contribution in [0.3, 0.4) is 0 Å². The molecule has 9 heteroatoms. The number of ether oxygens (including phenoxy) is 2. The van der Waals surface area contributed by atoms with Crippen molar-refractivity contribution in [3.63, 3.8) is 0 Å². The second kappa shape index (κ2) is 11.0. The zero-order chi connectivity index (χ0) is 24.0. The summed E-state index contributed by atoms with van der Waals surface area (Å²) < 4.78 is 15.6. The zero-order valence-electron chi connectivity index (χ0n) is 19.0. The van der Waals surface area contributed by atoms with Gasteiger partial charge in [0.1, 0.15) is 16.9 Å². The summed E-state index contributed by atoms with van der Waals surface area (Å²) in [5, 5.41) is 4.51. The van der Waals surface area contributed by atoms with Gasteiger partial charge in [0.05, 0.1) is 23.8 Å². The van der Waals surface area contributed by atoms with Gasteiger partial charge < -0.3 is 13.9 Å². The number of carbonyl (C=O) groups is 3. The van der Waals surface area contributed by atoms with Gasteiger partial charge in [0.2, 0.25) is 11.8 Å². The van der Waals surface area contributed by atoms with Gasteiger partial charge in [0.25, 0.3) is 0 Å². The number of nitrogens with zero attached hydrogens (tertiary/aromatic N) is 1. The summed E-state index contributed by atoms with van der Waals surface area (Å²) in [5.41, 5.74) is 1.83. The molecule has 0 aliphatic carbocycles. The molecule has 0 spiro atoms. The maximum Gasteiger partial charge on any atom is 0.344 e. The van der Waals surface area contributed by atoms with Gasteiger partial charge in [0.15, 0.2) is 0 Å². The van der Waals surface area contributed by atoms with Crippen LogP contribution in [0, 0.1) is 13.8 Å². The van der Waals surface area contributed by atoms with E-state index in [4.69, 9.17) is 13.9 Å². The first-order chi connectivity index (χ1) is 15.8. The van der Waals surface area contributed by atoms with Gasteiger partial charge in [-0.1, -0.05) is 18.2 Å². The molecule has 0 saturated heterocycles. The quantitative estimate of drug-likeness (QED) is 0.347. The molecule has 1 N–H and O–H groups in total. The Morgan fingerprint density at radius 3 is 2.39 bits per heavy atom. The van der Waals surface area contributed by atoms with Crippen LogP contribution in [0.4, 0.5) is 5.88 Å². The first-order valence-corrected chi connectivity index (χ1v) is 11.6. The Hall–Kier alpha value is -3.33. The van der Waals surface area contributed by atoms with Gasteiger partial charge >= 0.3 is 11.9 Å². The van der Waals surface area contributed by atoms with E-state index in [-0.39, 0.29) is 48.3 Å². The van der Waals surface area contributed by atoms with Gasteiger partial charge in [-0.3, -0.25) is 10.1 Å². The molecule has 8 nitrogen and oxygen atoms in total. The van der Waals surface area contributed by atoms with Crippen molar-refractivity contribution in [2.24, 2.45) is 0 Å². The van der Waals surface area contributed by atoms with E-state index in [9.17, 15) is 14.4 Å². The topological polar surface area (TPSA) is 108 Å². The van der Waals surface area contributed by atoms with Crippen molar-refractivity contribution >= 4 is 46.4 Å². The minimum absolute atomic E-state index is 0.0455. The molecule has 2 heterocycles. The van der Waals surface area contributed by atoms with Crippen LogP contribution in [-0.2, 0) is 14.3 Å². The van der Waals surface area contributed by atoms with Crippen molar-refractivity contribution < 1.29 is 28.3 Å². The van der Waals surface area contributed by atoms with Crippen molar-refractivity contribution in [3.05, 3.63) is 52.8 Å². The van der Waals surface area contributed by atoms with Crippen LogP contribution in [-0.4, -0.2) is 41.8 Å². The highest BCUT2D eigenvalue weighted by molar-refractivity contribution is 7.99. The van der Waals surface area contributed by atoms with Gasteiger partial charge in [-0.2, -0.15) is 0 Å². The molecule has 1 aromatic carbocycles.